The van der Waals surface area contributed by atoms with Crippen LogP contribution in [0.25, 0.3) is 0 Å². The van der Waals surface area contributed by atoms with E-state index in [1.807, 2.05) is 45.9 Å². The molecular formula is C17H21NO. The Morgan fingerprint density at radius 1 is 1.16 bits per heavy atom. The molecule has 2 nitrogen and oxygen atoms in total. The molecule has 0 aromatic heterocycles. The second kappa shape index (κ2) is 6.74. The van der Waals surface area contributed by atoms with E-state index in [1.165, 1.54) is 0 Å². The summed E-state index contributed by atoms with van der Waals surface area (Å²) < 4.78 is 0. The summed E-state index contributed by atoms with van der Waals surface area (Å²) in [6, 6.07) is 7.23. The number of hydrogen-bond donors (Lipinski definition) is 1. The molecular weight excluding hydrogens is 234 g/mol. The van der Waals surface area contributed by atoms with Gasteiger partial charge in [-0.2, -0.15) is 0 Å². The molecule has 0 unspecified atom stereocenters. The van der Waals surface area contributed by atoms with E-state index >= 15 is 0 Å². The van der Waals surface area contributed by atoms with Gasteiger partial charge < -0.3 is 5.11 Å². The average Bonchev–Trinajstić information content (AvgIpc) is 2.37. The highest BCUT2D eigenvalue weighted by Gasteiger charge is 2.06. The maximum absolute atomic E-state index is 9.96. The summed E-state index contributed by atoms with van der Waals surface area (Å²) in [6.07, 6.45) is 3.75. The van der Waals surface area contributed by atoms with Gasteiger partial charge in [-0.15, -0.1) is 0 Å². The first-order chi connectivity index (χ1) is 8.95. The molecule has 1 aromatic rings. The number of benzene rings is 1. The number of phenols is 1. The van der Waals surface area contributed by atoms with Crippen molar-refractivity contribution in [2.24, 2.45) is 4.99 Å². The fourth-order valence-electron chi connectivity index (χ4n) is 1.55. The van der Waals surface area contributed by atoms with Crippen molar-refractivity contribution < 1.29 is 5.11 Å². The van der Waals surface area contributed by atoms with Crippen LogP contribution in [0.1, 0.15) is 33.3 Å². The molecule has 1 aromatic carbocycles. The van der Waals surface area contributed by atoms with Gasteiger partial charge in [-0.05, 0) is 51.5 Å². The number of aromatic hydroxyl groups is 1. The molecule has 0 aliphatic heterocycles. The Kier molecular flexibility index (Phi) is 5.31. The summed E-state index contributed by atoms with van der Waals surface area (Å²) in [5.41, 5.74) is 4.55. The third kappa shape index (κ3) is 4.25. The van der Waals surface area contributed by atoms with Crippen LogP contribution in [-0.4, -0.2) is 10.8 Å². The number of phenolic OH excluding ortho intramolecular Hbond substituents is 1. The number of aliphatic imine (C=N–C) groups is 1. The predicted octanol–water partition coefficient (Wildman–Crippen LogP) is 4.63. The van der Waals surface area contributed by atoms with Gasteiger partial charge in [0.15, 0.2) is 0 Å². The van der Waals surface area contributed by atoms with Crippen molar-refractivity contribution in [1.82, 2.24) is 0 Å². The monoisotopic (exact) mass is 255 g/mol. The van der Waals surface area contributed by atoms with Crippen LogP contribution in [-0.2, 0) is 0 Å². The van der Waals surface area contributed by atoms with Crippen molar-refractivity contribution >= 4 is 5.71 Å². The van der Waals surface area contributed by atoms with Crippen LogP contribution in [0.15, 0.2) is 64.8 Å². The molecule has 0 spiro atoms. The molecule has 2 heteroatoms. The summed E-state index contributed by atoms with van der Waals surface area (Å²) in [5.74, 6) is 0.239. The van der Waals surface area contributed by atoms with E-state index < -0.39 is 0 Å². The van der Waals surface area contributed by atoms with E-state index in [1.54, 1.807) is 18.2 Å². The molecule has 0 amide bonds. The fourth-order valence-corrected chi connectivity index (χ4v) is 1.55. The Balaban J connectivity index is 3.40. The first kappa shape index (κ1) is 15.0. The number of rotatable bonds is 4. The van der Waals surface area contributed by atoms with Crippen LogP contribution >= 0.6 is 0 Å². The van der Waals surface area contributed by atoms with Crippen LogP contribution in [0, 0.1) is 0 Å². The Labute approximate surface area is 115 Å². The summed E-state index contributed by atoms with van der Waals surface area (Å²) >= 11 is 0. The molecule has 0 aliphatic carbocycles. The van der Waals surface area contributed by atoms with Crippen LogP contribution in [0.5, 0.6) is 5.75 Å². The topological polar surface area (TPSA) is 32.6 Å². The lowest BCUT2D eigenvalue weighted by molar-refractivity contribution is 0.474. The van der Waals surface area contributed by atoms with Gasteiger partial charge in [-0.25, -0.2) is 0 Å². The number of para-hydroxylation sites is 1. The highest BCUT2D eigenvalue weighted by Crippen LogP contribution is 2.20. The van der Waals surface area contributed by atoms with E-state index in [-0.39, 0.29) is 5.75 Å². The van der Waals surface area contributed by atoms with Gasteiger partial charge in [0, 0.05) is 11.3 Å². The average molecular weight is 255 g/mol. The number of nitrogens with zero attached hydrogens (tertiary/aromatic N) is 1. The van der Waals surface area contributed by atoms with Crippen molar-refractivity contribution in [2.45, 2.75) is 27.7 Å². The Morgan fingerprint density at radius 2 is 1.79 bits per heavy atom. The normalized spacial score (nSPS) is 12.7. The van der Waals surface area contributed by atoms with Crippen LogP contribution < -0.4 is 0 Å². The lowest BCUT2D eigenvalue weighted by Gasteiger charge is -2.07. The molecule has 1 rings (SSSR count). The smallest absolute Gasteiger partial charge is 0.124 e. The molecule has 0 heterocycles. The Morgan fingerprint density at radius 3 is 2.32 bits per heavy atom. The molecule has 0 aliphatic rings. The van der Waals surface area contributed by atoms with Gasteiger partial charge in [-0.1, -0.05) is 30.4 Å². The second-order valence-corrected chi connectivity index (χ2v) is 4.71. The minimum absolute atomic E-state index is 0.239. The molecule has 0 radical (unpaired) electrons. The third-order valence-electron chi connectivity index (χ3n) is 2.77. The van der Waals surface area contributed by atoms with Gasteiger partial charge in [0.2, 0.25) is 0 Å². The molecule has 100 valence electrons. The zero-order valence-corrected chi connectivity index (χ0v) is 12.1. The minimum atomic E-state index is 0.239. The minimum Gasteiger partial charge on any atom is -0.507 e. The predicted molar refractivity (Wildman–Crippen MR) is 82.6 cm³/mol. The summed E-state index contributed by atoms with van der Waals surface area (Å²) in [7, 11) is 0. The molecule has 0 atom stereocenters. The zero-order valence-electron chi connectivity index (χ0n) is 12.1. The van der Waals surface area contributed by atoms with E-state index in [9.17, 15) is 5.11 Å². The molecule has 0 fully saturated rings. The van der Waals surface area contributed by atoms with E-state index in [4.69, 9.17) is 0 Å². The maximum Gasteiger partial charge on any atom is 0.124 e. The highest BCUT2D eigenvalue weighted by atomic mass is 16.3. The largest absolute Gasteiger partial charge is 0.507 e. The fraction of sp³-hybridized carbons (Fsp3) is 0.235. The first-order valence-corrected chi connectivity index (χ1v) is 6.27. The Bertz CT molecular complexity index is 558. The van der Waals surface area contributed by atoms with Gasteiger partial charge in [0.1, 0.15) is 5.75 Å². The molecule has 0 bridgehead atoms. The van der Waals surface area contributed by atoms with Crippen molar-refractivity contribution in [1.29, 1.82) is 0 Å². The van der Waals surface area contributed by atoms with Crippen molar-refractivity contribution in [2.75, 3.05) is 0 Å². The summed E-state index contributed by atoms with van der Waals surface area (Å²) in [5, 5.41) is 9.96. The Hall–Kier alpha value is -2.09. The van der Waals surface area contributed by atoms with Gasteiger partial charge in [0.05, 0.1) is 5.71 Å². The van der Waals surface area contributed by atoms with Crippen molar-refractivity contribution in [3.05, 3.63) is 65.4 Å². The molecule has 0 saturated heterocycles. The van der Waals surface area contributed by atoms with E-state index in [0.717, 1.165) is 28.1 Å². The third-order valence-corrected chi connectivity index (χ3v) is 2.77. The lowest BCUT2D eigenvalue weighted by Crippen LogP contribution is -1.99. The van der Waals surface area contributed by atoms with Crippen LogP contribution in [0.2, 0.25) is 0 Å². The molecule has 1 N–H and O–H groups in total. The highest BCUT2D eigenvalue weighted by molar-refractivity contribution is 6.11. The SMILES string of the molecule is C=C/C(C)=C(\C)N=C(C=C(C)C)c1ccccc1O. The molecule has 19 heavy (non-hydrogen) atoms. The quantitative estimate of drug-likeness (QED) is 0.617. The lowest BCUT2D eigenvalue weighted by atomic mass is 10.1. The van der Waals surface area contributed by atoms with Crippen molar-refractivity contribution in [3.63, 3.8) is 0 Å². The first-order valence-electron chi connectivity index (χ1n) is 6.27. The standard InChI is InChI=1S/C17H21NO/c1-6-13(4)14(5)18-16(11-12(2)3)15-9-7-8-10-17(15)19/h6-11,19H,1H2,2-5H3/b14-13+,18-16?. The zero-order chi connectivity index (χ0) is 14.4. The second-order valence-electron chi connectivity index (χ2n) is 4.71. The number of allylic oxidation sites excluding steroid dienone is 5. The number of hydrogen-bond acceptors (Lipinski definition) is 2. The van der Waals surface area contributed by atoms with E-state index in [2.05, 4.69) is 11.6 Å². The van der Waals surface area contributed by atoms with Gasteiger partial charge in [0.25, 0.3) is 0 Å². The van der Waals surface area contributed by atoms with Gasteiger partial charge in [-0.3, -0.25) is 4.99 Å². The maximum atomic E-state index is 9.96. The van der Waals surface area contributed by atoms with E-state index in [0.29, 0.717) is 0 Å². The van der Waals surface area contributed by atoms with Gasteiger partial charge >= 0.3 is 0 Å². The van der Waals surface area contributed by atoms with Crippen LogP contribution in [0.3, 0.4) is 0 Å². The van der Waals surface area contributed by atoms with Crippen molar-refractivity contribution in [3.8, 4) is 5.75 Å². The molecule has 0 saturated carbocycles. The summed E-state index contributed by atoms with van der Waals surface area (Å²) in [6.45, 7) is 11.7. The van der Waals surface area contributed by atoms with Crippen LogP contribution in [0.4, 0.5) is 0 Å². The summed E-state index contributed by atoms with van der Waals surface area (Å²) in [4.78, 5) is 4.61.